The summed E-state index contributed by atoms with van der Waals surface area (Å²) in [6.45, 7) is -0.232. The highest BCUT2D eigenvalue weighted by Gasteiger charge is 2.30. The first-order valence-electron chi connectivity index (χ1n) is 8.94. The number of nitrogens with one attached hydrogen (secondary N) is 1. The lowest BCUT2D eigenvalue weighted by molar-refractivity contribution is -0.137. The van der Waals surface area contributed by atoms with Crippen molar-refractivity contribution >= 4 is 15.7 Å². The topological polar surface area (TPSA) is 90.4 Å². The van der Waals surface area contributed by atoms with Crippen LogP contribution < -0.4 is 14.2 Å². The number of anilines is 1. The molecule has 0 aliphatic carbocycles. The fraction of sp³-hybridized carbons (Fsp3) is 0.200. The van der Waals surface area contributed by atoms with Crippen LogP contribution in [0.1, 0.15) is 11.1 Å². The average molecular weight is 471 g/mol. The van der Waals surface area contributed by atoms with Crippen molar-refractivity contribution in [3.63, 3.8) is 0 Å². The Bertz CT molecular complexity index is 1230. The summed E-state index contributed by atoms with van der Waals surface area (Å²) in [4.78, 5) is 8.00. The van der Waals surface area contributed by atoms with Crippen LogP contribution in [0.15, 0.2) is 48.7 Å². The number of hydrogen-bond donors (Lipinski definition) is 1. The number of ether oxygens (including phenoxy) is 2. The first kappa shape index (κ1) is 23.3. The molecule has 32 heavy (non-hydrogen) atoms. The van der Waals surface area contributed by atoms with Gasteiger partial charge in [-0.15, -0.1) is 0 Å². The number of sulfonamides is 1. The zero-order valence-electron chi connectivity index (χ0n) is 16.8. The van der Waals surface area contributed by atoms with Crippen LogP contribution in [0.2, 0.25) is 0 Å². The lowest BCUT2D eigenvalue weighted by Gasteiger charge is -2.12. The molecular weight excluding hydrogens is 454 g/mol. The van der Waals surface area contributed by atoms with Gasteiger partial charge in [0.25, 0.3) is 0 Å². The van der Waals surface area contributed by atoms with Crippen molar-refractivity contribution in [1.82, 2.24) is 9.97 Å². The van der Waals surface area contributed by atoms with Crippen LogP contribution in [0.4, 0.5) is 23.2 Å². The van der Waals surface area contributed by atoms with E-state index in [0.29, 0.717) is 0 Å². The first-order valence-corrected chi connectivity index (χ1v) is 10.8. The molecular formula is C20H17F4N3O4S. The summed E-state index contributed by atoms with van der Waals surface area (Å²) >= 11 is 0. The lowest BCUT2D eigenvalue weighted by Crippen LogP contribution is -2.11. The van der Waals surface area contributed by atoms with Gasteiger partial charge >= 0.3 is 6.18 Å². The zero-order valence-corrected chi connectivity index (χ0v) is 17.6. The van der Waals surface area contributed by atoms with Crippen LogP contribution in [0.25, 0.3) is 11.3 Å². The summed E-state index contributed by atoms with van der Waals surface area (Å²) in [5.41, 5.74) is -0.666. The van der Waals surface area contributed by atoms with E-state index in [-0.39, 0.29) is 40.9 Å². The second kappa shape index (κ2) is 8.99. The number of hydrogen-bond acceptors (Lipinski definition) is 6. The Morgan fingerprint density at radius 3 is 2.53 bits per heavy atom. The molecule has 0 bridgehead atoms. The van der Waals surface area contributed by atoms with Gasteiger partial charge in [0.2, 0.25) is 21.8 Å². The SMILES string of the molecule is COc1ncc(-c2nc(OCc3cccc(C(F)(F)F)c3)ccc2F)cc1NS(C)(=O)=O. The van der Waals surface area contributed by atoms with Crippen molar-refractivity contribution in [2.45, 2.75) is 12.8 Å². The third-order valence-electron chi connectivity index (χ3n) is 4.07. The number of rotatable bonds is 7. The largest absolute Gasteiger partial charge is 0.480 e. The average Bonchev–Trinajstić information content (AvgIpc) is 2.71. The van der Waals surface area contributed by atoms with Gasteiger partial charge in [-0.2, -0.15) is 13.2 Å². The Morgan fingerprint density at radius 1 is 1.12 bits per heavy atom. The maximum atomic E-state index is 14.4. The van der Waals surface area contributed by atoms with Crippen molar-refractivity contribution in [3.05, 3.63) is 65.6 Å². The number of aromatic nitrogens is 2. The highest BCUT2D eigenvalue weighted by molar-refractivity contribution is 7.92. The summed E-state index contributed by atoms with van der Waals surface area (Å²) < 4.78 is 88.8. The first-order chi connectivity index (χ1) is 15.0. The quantitative estimate of drug-likeness (QED) is 0.518. The van der Waals surface area contributed by atoms with Gasteiger partial charge in [0.1, 0.15) is 23.8 Å². The van der Waals surface area contributed by atoms with Gasteiger partial charge in [-0.3, -0.25) is 4.72 Å². The van der Waals surface area contributed by atoms with Crippen LogP contribution in [-0.2, 0) is 22.8 Å². The van der Waals surface area contributed by atoms with E-state index in [1.165, 1.54) is 37.6 Å². The molecule has 12 heteroatoms. The summed E-state index contributed by atoms with van der Waals surface area (Å²) in [6, 6.07) is 8.17. The Balaban J connectivity index is 1.87. The number of nitrogens with zero attached hydrogens (tertiary/aromatic N) is 2. The monoisotopic (exact) mass is 471 g/mol. The normalized spacial score (nSPS) is 11.8. The number of alkyl halides is 3. The van der Waals surface area contributed by atoms with E-state index in [0.717, 1.165) is 24.5 Å². The molecule has 1 N–H and O–H groups in total. The summed E-state index contributed by atoms with van der Waals surface area (Å²) in [5, 5.41) is 0. The second-order valence-electron chi connectivity index (χ2n) is 6.62. The molecule has 7 nitrogen and oxygen atoms in total. The highest BCUT2D eigenvalue weighted by atomic mass is 32.2. The maximum Gasteiger partial charge on any atom is 0.416 e. The van der Waals surface area contributed by atoms with E-state index >= 15 is 0 Å². The number of halogens is 4. The van der Waals surface area contributed by atoms with E-state index in [4.69, 9.17) is 9.47 Å². The Morgan fingerprint density at radius 2 is 1.88 bits per heavy atom. The number of pyridine rings is 2. The molecule has 0 amide bonds. The predicted molar refractivity (Wildman–Crippen MR) is 108 cm³/mol. The lowest BCUT2D eigenvalue weighted by atomic mass is 10.1. The van der Waals surface area contributed by atoms with E-state index in [1.54, 1.807) is 0 Å². The molecule has 0 saturated carbocycles. The maximum absolute atomic E-state index is 14.4. The molecule has 0 spiro atoms. The van der Waals surface area contributed by atoms with Crippen LogP contribution in [0.5, 0.6) is 11.8 Å². The van der Waals surface area contributed by atoms with Gasteiger partial charge in [-0.1, -0.05) is 12.1 Å². The minimum Gasteiger partial charge on any atom is -0.480 e. The molecule has 0 unspecified atom stereocenters. The predicted octanol–water partition coefficient (Wildman–Crippen LogP) is 4.26. The molecule has 3 rings (SSSR count). The minimum absolute atomic E-state index is 0.0241. The molecule has 2 aromatic heterocycles. The Kier molecular flexibility index (Phi) is 6.53. The van der Waals surface area contributed by atoms with Crippen LogP contribution in [-0.4, -0.2) is 31.8 Å². The van der Waals surface area contributed by atoms with Crippen LogP contribution >= 0.6 is 0 Å². The molecule has 0 radical (unpaired) electrons. The molecule has 0 fully saturated rings. The third-order valence-corrected chi connectivity index (χ3v) is 4.67. The molecule has 2 heterocycles. The fourth-order valence-corrected chi connectivity index (χ4v) is 3.26. The zero-order chi connectivity index (χ0) is 23.5. The van der Waals surface area contributed by atoms with Crippen LogP contribution in [0, 0.1) is 5.82 Å². The van der Waals surface area contributed by atoms with Gasteiger partial charge in [0.05, 0.1) is 18.9 Å². The van der Waals surface area contributed by atoms with E-state index in [9.17, 15) is 26.0 Å². The van der Waals surface area contributed by atoms with E-state index in [2.05, 4.69) is 14.7 Å². The molecule has 1 aromatic carbocycles. The second-order valence-corrected chi connectivity index (χ2v) is 8.37. The molecule has 170 valence electrons. The van der Waals surface area contributed by atoms with Crippen molar-refractivity contribution in [3.8, 4) is 23.0 Å². The van der Waals surface area contributed by atoms with Gasteiger partial charge in [-0.05, 0) is 29.8 Å². The van der Waals surface area contributed by atoms with Crippen molar-refractivity contribution in [1.29, 1.82) is 0 Å². The highest BCUT2D eigenvalue weighted by Crippen LogP contribution is 2.31. The smallest absolute Gasteiger partial charge is 0.416 e. The van der Waals surface area contributed by atoms with E-state index in [1.807, 2.05) is 0 Å². The molecule has 0 saturated heterocycles. The molecule has 0 aliphatic rings. The van der Waals surface area contributed by atoms with Gasteiger partial charge in [0, 0.05) is 17.8 Å². The van der Waals surface area contributed by atoms with Crippen molar-refractivity contribution < 1.29 is 35.5 Å². The number of methoxy groups -OCH3 is 1. The van der Waals surface area contributed by atoms with Gasteiger partial charge < -0.3 is 9.47 Å². The minimum atomic E-state index is -4.49. The Labute approximate surface area is 181 Å². The van der Waals surface area contributed by atoms with Crippen LogP contribution in [0.3, 0.4) is 0 Å². The van der Waals surface area contributed by atoms with Crippen molar-refractivity contribution in [2.24, 2.45) is 0 Å². The van der Waals surface area contributed by atoms with Gasteiger partial charge in [-0.25, -0.2) is 22.8 Å². The van der Waals surface area contributed by atoms with E-state index < -0.39 is 27.6 Å². The Hall–Kier alpha value is -3.41. The molecule has 0 aliphatic heterocycles. The summed E-state index contributed by atoms with van der Waals surface area (Å²) in [6.07, 6.45) is -2.33. The summed E-state index contributed by atoms with van der Waals surface area (Å²) in [7, 11) is -2.38. The summed E-state index contributed by atoms with van der Waals surface area (Å²) in [5.74, 6) is -0.822. The fourth-order valence-electron chi connectivity index (χ4n) is 2.72. The molecule has 3 aromatic rings. The number of benzene rings is 1. The van der Waals surface area contributed by atoms with Crippen molar-refractivity contribution in [2.75, 3.05) is 18.1 Å². The molecule has 0 atom stereocenters. The standard InChI is InChI=1S/C20H17F4N3O4S/c1-30-19-16(27-32(2,28)29)9-13(10-25-19)18-15(21)6-7-17(26-18)31-11-12-4-3-5-14(8-12)20(22,23)24/h3-10,27H,11H2,1-2H3. The van der Waals surface area contributed by atoms with Gasteiger partial charge in [0.15, 0.2) is 0 Å². The third kappa shape index (κ3) is 5.84.